The molecule has 0 saturated heterocycles. The quantitative estimate of drug-likeness (QED) is 0.612. The van der Waals surface area contributed by atoms with Gasteiger partial charge in [-0.1, -0.05) is 19.8 Å². The van der Waals surface area contributed by atoms with Gasteiger partial charge in [-0.25, -0.2) is 0 Å². The number of aromatic nitrogens is 2. The van der Waals surface area contributed by atoms with E-state index in [0.717, 1.165) is 29.8 Å². The molecular weight excluding hydrogens is 220 g/mol. The number of ether oxygens (including phenoxy) is 1. The molecule has 3 nitrogen and oxygen atoms in total. The number of hydrogen-bond donors (Lipinski definition) is 2. The van der Waals surface area contributed by atoms with Crippen LogP contribution < -0.4 is 4.74 Å². The van der Waals surface area contributed by atoms with Crippen LogP contribution in [0, 0.1) is 4.77 Å². The van der Waals surface area contributed by atoms with E-state index in [1.165, 1.54) is 12.8 Å². The molecule has 2 aromatic rings. The number of H-pyrrole nitrogens is 2. The third kappa shape index (κ3) is 2.64. The Balaban J connectivity index is 2.04. The molecular formula is C12H16N2OS. The van der Waals surface area contributed by atoms with Crippen LogP contribution in [-0.2, 0) is 0 Å². The Kier molecular flexibility index (Phi) is 3.62. The van der Waals surface area contributed by atoms with Gasteiger partial charge in [-0.2, -0.15) is 0 Å². The maximum atomic E-state index is 5.66. The Morgan fingerprint density at radius 1 is 1.19 bits per heavy atom. The van der Waals surface area contributed by atoms with E-state index in [9.17, 15) is 0 Å². The average molecular weight is 236 g/mol. The van der Waals surface area contributed by atoms with Gasteiger partial charge in [0.25, 0.3) is 0 Å². The number of hydrogen-bond acceptors (Lipinski definition) is 2. The maximum absolute atomic E-state index is 5.66. The Labute approximate surface area is 99.8 Å². The smallest absolute Gasteiger partial charge is 0.175 e. The first-order chi connectivity index (χ1) is 7.79. The van der Waals surface area contributed by atoms with Crippen molar-refractivity contribution in [1.29, 1.82) is 0 Å². The minimum Gasteiger partial charge on any atom is -0.494 e. The molecule has 0 aliphatic rings. The fourth-order valence-corrected chi connectivity index (χ4v) is 1.86. The van der Waals surface area contributed by atoms with E-state index in [4.69, 9.17) is 17.0 Å². The lowest BCUT2D eigenvalue weighted by Gasteiger charge is -2.05. The van der Waals surface area contributed by atoms with E-state index < -0.39 is 0 Å². The first kappa shape index (κ1) is 11.2. The third-order valence-corrected chi connectivity index (χ3v) is 2.71. The van der Waals surface area contributed by atoms with Crippen molar-refractivity contribution in [2.45, 2.75) is 26.2 Å². The van der Waals surface area contributed by atoms with Gasteiger partial charge in [-0.05, 0) is 30.8 Å². The van der Waals surface area contributed by atoms with Crippen molar-refractivity contribution >= 4 is 23.3 Å². The van der Waals surface area contributed by atoms with Gasteiger partial charge < -0.3 is 14.7 Å². The number of fused-ring (bicyclic) bond motifs is 1. The molecule has 0 amide bonds. The number of aromatic amines is 2. The molecule has 2 N–H and O–H groups in total. The van der Waals surface area contributed by atoms with Gasteiger partial charge in [0.05, 0.1) is 17.6 Å². The van der Waals surface area contributed by atoms with E-state index in [1.54, 1.807) is 0 Å². The highest BCUT2D eigenvalue weighted by Gasteiger charge is 1.99. The summed E-state index contributed by atoms with van der Waals surface area (Å²) in [7, 11) is 0. The highest BCUT2D eigenvalue weighted by atomic mass is 32.1. The summed E-state index contributed by atoms with van der Waals surface area (Å²) >= 11 is 5.03. The molecule has 4 heteroatoms. The summed E-state index contributed by atoms with van der Waals surface area (Å²) in [6.07, 6.45) is 3.54. The van der Waals surface area contributed by atoms with Gasteiger partial charge >= 0.3 is 0 Å². The molecule has 0 unspecified atom stereocenters. The van der Waals surface area contributed by atoms with Crippen LogP contribution in [-0.4, -0.2) is 16.6 Å². The minimum absolute atomic E-state index is 0.651. The van der Waals surface area contributed by atoms with Crippen LogP contribution in [0.3, 0.4) is 0 Å². The van der Waals surface area contributed by atoms with E-state index in [1.807, 2.05) is 18.2 Å². The van der Waals surface area contributed by atoms with E-state index in [-0.39, 0.29) is 0 Å². The van der Waals surface area contributed by atoms with Crippen LogP contribution in [0.15, 0.2) is 18.2 Å². The highest BCUT2D eigenvalue weighted by Crippen LogP contribution is 2.18. The SMILES string of the molecule is CCCCCOc1ccc2[nH]c(=S)[nH]c2c1. The number of imidazole rings is 1. The highest BCUT2D eigenvalue weighted by molar-refractivity contribution is 7.71. The molecule has 0 saturated carbocycles. The van der Waals surface area contributed by atoms with Crippen molar-refractivity contribution in [2.24, 2.45) is 0 Å². The Morgan fingerprint density at radius 2 is 2.00 bits per heavy atom. The van der Waals surface area contributed by atoms with Crippen molar-refractivity contribution in [3.63, 3.8) is 0 Å². The first-order valence-corrected chi connectivity index (χ1v) is 6.05. The van der Waals surface area contributed by atoms with Crippen LogP contribution in [0.4, 0.5) is 0 Å². The van der Waals surface area contributed by atoms with Gasteiger partial charge in [-0.3, -0.25) is 0 Å². The topological polar surface area (TPSA) is 40.8 Å². The summed E-state index contributed by atoms with van der Waals surface area (Å²) in [5.74, 6) is 0.897. The summed E-state index contributed by atoms with van der Waals surface area (Å²) in [4.78, 5) is 6.15. The summed E-state index contributed by atoms with van der Waals surface area (Å²) in [6, 6.07) is 5.93. The summed E-state index contributed by atoms with van der Waals surface area (Å²) in [6.45, 7) is 2.97. The van der Waals surface area contributed by atoms with Crippen LogP contribution >= 0.6 is 12.2 Å². The van der Waals surface area contributed by atoms with E-state index in [0.29, 0.717) is 4.77 Å². The number of nitrogens with one attached hydrogen (secondary N) is 2. The summed E-state index contributed by atoms with van der Waals surface area (Å²) in [5.41, 5.74) is 2.02. The second-order valence-corrected chi connectivity index (χ2v) is 4.25. The summed E-state index contributed by atoms with van der Waals surface area (Å²) in [5, 5.41) is 0. The van der Waals surface area contributed by atoms with Crippen molar-refractivity contribution < 1.29 is 4.74 Å². The average Bonchev–Trinajstić information content (AvgIpc) is 2.64. The molecule has 1 heterocycles. The summed E-state index contributed by atoms with van der Waals surface area (Å²) < 4.78 is 6.31. The van der Waals surface area contributed by atoms with E-state index >= 15 is 0 Å². The molecule has 0 fully saturated rings. The van der Waals surface area contributed by atoms with Crippen LogP contribution in [0.5, 0.6) is 5.75 Å². The Hall–Kier alpha value is -1.29. The van der Waals surface area contributed by atoms with Gasteiger partial charge in [0.1, 0.15) is 5.75 Å². The lowest BCUT2D eigenvalue weighted by molar-refractivity contribution is 0.306. The zero-order chi connectivity index (χ0) is 11.4. The first-order valence-electron chi connectivity index (χ1n) is 5.64. The van der Waals surface area contributed by atoms with E-state index in [2.05, 4.69) is 16.9 Å². The molecule has 16 heavy (non-hydrogen) atoms. The zero-order valence-electron chi connectivity index (χ0n) is 9.38. The van der Waals surface area contributed by atoms with Gasteiger partial charge in [0, 0.05) is 6.07 Å². The Bertz CT molecular complexity index is 515. The largest absolute Gasteiger partial charge is 0.494 e. The normalized spacial score (nSPS) is 10.8. The predicted octanol–water partition coefficient (Wildman–Crippen LogP) is 3.79. The molecule has 0 aliphatic carbocycles. The van der Waals surface area contributed by atoms with Crippen LogP contribution in [0.1, 0.15) is 26.2 Å². The standard InChI is InChI=1S/C12H16N2OS/c1-2-3-4-7-15-9-5-6-10-11(8-9)14-12(16)13-10/h5-6,8H,2-4,7H2,1H3,(H2,13,14,16). The minimum atomic E-state index is 0.651. The van der Waals surface area contributed by atoms with Crippen molar-refractivity contribution in [3.8, 4) is 5.75 Å². The second kappa shape index (κ2) is 5.16. The molecule has 0 bridgehead atoms. The lowest BCUT2D eigenvalue weighted by Crippen LogP contribution is -1.96. The molecule has 0 aliphatic heterocycles. The maximum Gasteiger partial charge on any atom is 0.175 e. The molecule has 0 atom stereocenters. The van der Waals surface area contributed by atoms with Crippen molar-refractivity contribution in [2.75, 3.05) is 6.61 Å². The number of rotatable bonds is 5. The van der Waals surface area contributed by atoms with Crippen LogP contribution in [0.25, 0.3) is 11.0 Å². The van der Waals surface area contributed by atoms with Crippen molar-refractivity contribution in [3.05, 3.63) is 23.0 Å². The zero-order valence-corrected chi connectivity index (χ0v) is 10.2. The lowest BCUT2D eigenvalue weighted by atomic mass is 10.2. The second-order valence-electron chi connectivity index (χ2n) is 3.84. The fourth-order valence-electron chi connectivity index (χ4n) is 1.64. The molecule has 1 aromatic heterocycles. The molecule has 86 valence electrons. The fraction of sp³-hybridized carbons (Fsp3) is 0.417. The molecule has 1 aromatic carbocycles. The van der Waals surface area contributed by atoms with Gasteiger partial charge in [0.15, 0.2) is 4.77 Å². The Morgan fingerprint density at radius 3 is 2.81 bits per heavy atom. The molecule has 2 rings (SSSR count). The predicted molar refractivity (Wildman–Crippen MR) is 68.5 cm³/mol. The van der Waals surface area contributed by atoms with Gasteiger partial charge in [0.2, 0.25) is 0 Å². The molecule has 0 spiro atoms. The number of unbranched alkanes of at least 4 members (excludes halogenated alkanes) is 2. The van der Waals surface area contributed by atoms with Gasteiger partial charge in [-0.15, -0.1) is 0 Å². The van der Waals surface area contributed by atoms with Crippen molar-refractivity contribution in [1.82, 2.24) is 9.97 Å². The monoisotopic (exact) mass is 236 g/mol. The molecule has 0 radical (unpaired) electrons. The number of benzene rings is 1. The third-order valence-electron chi connectivity index (χ3n) is 2.50. The van der Waals surface area contributed by atoms with Crippen LogP contribution in [0.2, 0.25) is 0 Å².